The molecule has 1 aromatic carbocycles. The molecule has 0 bridgehead atoms. The maximum absolute atomic E-state index is 13.0. The minimum absolute atomic E-state index is 0.0319. The lowest BCUT2D eigenvalue weighted by Crippen LogP contribution is -2.53. The number of amides is 1. The molecule has 0 radical (unpaired) electrons. The highest BCUT2D eigenvalue weighted by atomic mass is 16.5. The topological polar surface area (TPSA) is 61.8 Å². The van der Waals surface area contributed by atoms with Gasteiger partial charge in [-0.2, -0.15) is 0 Å². The van der Waals surface area contributed by atoms with E-state index in [-0.39, 0.29) is 18.1 Å². The van der Waals surface area contributed by atoms with E-state index in [1.54, 1.807) is 12.4 Å². The molecule has 1 atom stereocenters. The van der Waals surface area contributed by atoms with Crippen LogP contribution in [0.5, 0.6) is 5.88 Å². The van der Waals surface area contributed by atoms with Crippen molar-refractivity contribution < 1.29 is 9.53 Å². The molecule has 7 nitrogen and oxygen atoms in total. The van der Waals surface area contributed by atoms with Crippen LogP contribution in [0, 0.1) is 0 Å². The summed E-state index contributed by atoms with van der Waals surface area (Å²) in [6.07, 6.45) is 4.29. The Balaban J connectivity index is 1.39. The van der Waals surface area contributed by atoms with Crippen LogP contribution in [0.2, 0.25) is 0 Å². The van der Waals surface area contributed by atoms with E-state index in [0.29, 0.717) is 5.88 Å². The minimum atomic E-state index is -0.0319. The fraction of sp³-hybridized carbons (Fsp3) is 0.476. The summed E-state index contributed by atoms with van der Waals surface area (Å²) in [6.45, 7) is 8.03. The number of piperazine rings is 1. The highest BCUT2D eigenvalue weighted by Gasteiger charge is 2.38. The second kappa shape index (κ2) is 8.14. The molecule has 1 unspecified atom stereocenters. The average Bonchev–Trinajstić information content (AvgIpc) is 3.10. The Morgan fingerprint density at radius 3 is 2.43 bits per heavy atom. The van der Waals surface area contributed by atoms with Crippen molar-refractivity contribution >= 4 is 17.4 Å². The summed E-state index contributed by atoms with van der Waals surface area (Å²) in [5.74, 6) is 1.58. The van der Waals surface area contributed by atoms with Gasteiger partial charge in [0, 0.05) is 50.8 Å². The third-order valence-corrected chi connectivity index (χ3v) is 5.29. The number of benzene rings is 1. The predicted octanol–water partition coefficient (Wildman–Crippen LogP) is 2.19. The van der Waals surface area contributed by atoms with E-state index in [2.05, 4.69) is 19.8 Å². The van der Waals surface area contributed by atoms with Crippen molar-refractivity contribution in [3.63, 3.8) is 0 Å². The summed E-state index contributed by atoms with van der Waals surface area (Å²) < 4.78 is 5.82. The number of ether oxygens (including phenoxy) is 1. The van der Waals surface area contributed by atoms with Crippen molar-refractivity contribution in [2.45, 2.75) is 32.4 Å². The molecule has 2 aliphatic rings. The fourth-order valence-corrected chi connectivity index (χ4v) is 3.95. The van der Waals surface area contributed by atoms with Gasteiger partial charge < -0.3 is 14.5 Å². The number of hydrogen-bond acceptors (Lipinski definition) is 6. The first kappa shape index (κ1) is 18.7. The molecule has 28 heavy (non-hydrogen) atoms. The molecular weight excluding hydrogens is 354 g/mol. The first-order valence-electron chi connectivity index (χ1n) is 9.96. The monoisotopic (exact) mass is 381 g/mol. The van der Waals surface area contributed by atoms with Gasteiger partial charge in [0.1, 0.15) is 0 Å². The van der Waals surface area contributed by atoms with Gasteiger partial charge in [0.2, 0.25) is 5.91 Å². The number of carbonyl (C=O) groups is 1. The Bertz CT molecular complexity index is 805. The summed E-state index contributed by atoms with van der Waals surface area (Å²) >= 11 is 0. The Hall–Kier alpha value is -2.67. The molecule has 7 heteroatoms. The molecule has 2 saturated heterocycles. The second-order valence-electron chi connectivity index (χ2n) is 7.50. The first-order chi connectivity index (χ1) is 13.6. The van der Waals surface area contributed by atoms with Crippen molar-refractivity contribution in [3.8, 4) is 5.88 Å². The van der Waals surface area contributed by atoms with Crippen LogP contribution in [0.1, 0.15) is 20.3 Å². The van der Waals surface area contributed by atoms with E-state index < -0.39 is 0 Å². The van der Waals surface area contributed by atoms with Gasteiger partial charge in [0.15, 0.2) is 5.82 Å². The van der Waals surface area contributed by atoms with E-state index in [0.717, 1.165) is 50.6 Å². The third-order valence-electron chi connectivity index (χ3n) is 5.29. The third kappa shape index (κ3) is 3.80. The molecule has 4 rings (SSSR count). The van der Waals surface area contributed by atoms with Crippen LogP contribution in [0.15, 0.2) is 42.7 Å². The molecule has 2 fully saturated rings. The van der Waals surface area contributed by atoms with Crippen LogP contribution < -0.4 is 14.5 Å². The van der Waals surface area contributed by atoms with E-state index in [1.165, 1.54) is 0 Å². The molecular formula is C21H27N5O2. The smallest absolute Gasteiger partial charge is 0.257 e. The van der Waals surface area contributed by atoms with Gasteiger partial charge >= 0.3 is 0 Å². The van der Waals surface area contributed by atoms with E-state index >= 15 is 0 Å². The van der Waals surface area contributed by atoms with Crippen molar-refractivity contribution in [3.05, 3.63) is 42.7 Å². The van der Waals surface area contributed by atoms with Gasteiger partial charge in [0.05, 0.1) is 12.1 Å². The van der Waals surface area contributed by atoms with E-state index in [4.69, 9.17) is 4.74 Å². The maximum Gasteiger partial charge on any atom is 0.257 e. The van der Waals surface area contributed by atoms with Gasteiger partial charge in [-0.3, -0.25) is 9.69 Å². The summed E-state index contributed by atoms with van der Waals surface area (Å²) in [6, 6.07) is 9.91. The molecule has 0 N–H and O–H groups in total. The van der Waals surface area contributed by atoms with Crippen molar-refractivity contribution in [1.29, 1.82) is 0 Å². The number of nitrogens with zero attached hydrogens (tertiary/aromatic N) is 5. The van der Waals surface area contributed by atoms with Crippen molar-refractivity contribution in [2.75, 3.05) is 42.5 Å². The Kier molecular flexibility index (Phi) is 5.43. The highest BCUT2D eigenvalue weighted by molar-refractivity contribution is 5.99. The number of carbonyl (C=O) groups excluding carboxylic acids is 1. The van der Waals surface area contributed by atoms with E-state index in [1.807, 2.05) is 49.1 Å². The maximum atomic E-state index is 13.0. The number of anilines is 2. The summed E-state index contributed by atoms with van der Waals surface area (Å²) in [7, 11) is 0. The summed E-state index contributed by atoms with van der Waals surface area (Å²) in [5, 5.41) is 0. The zero-order valence-corrected chi connectivity index (χ0v) is 16.5. The normalized spacial score (nSPS) is 20.8. The fourth-order valence-electron chi connectivity index (χ4n) is 3.95. The average molecular weight is 381 g/mol. The zero-order chi connectivity index (χ0) is 19.5. The molecule has 148 valence electrons. The standard InChI is InChI=1S/C21H27N5O2/c1-16(2)28-20-19(22-9-10-23-20)25-14-12-24(13-15-25)18-8-11-26(21(18)27)17-6-4-3-5-7-17/h3-7,9-10,16,18H,8,11-15H2,1-2H3. The largest absolute Gasteiger partial charge is 0.472 e. The second-order valence-corrected chi connectivity index (χ2v) is 7.50. The quantitative estimate of drug-likeness (QED) is 0.791. The molecule has 0 spiro atoms. The van der Waals surface area contributed by atoms with E-state index in [9.17, 15) is 4.79 Å². The number of aromatic nitrogens is 2. The lowest BCUT2D eigenvalue weighted by Gasteiger charge is -2.38. The van der Waals surface area contributed by atoms with Crippen molar-refractivity contribution in [2.24, 2.45) is 0 Å². The van der Waals surface area contributed by atoms with Crippen LogP contribution in [-0.4, -0.2) is 65.6 Å². The van der Waals surface area contributed by atoms with Gasteiger partial charge in [-0.25, -0.2) is 9.97 Å². The molecule has 3 heterocycles. The summed E-state index contributed by atoms with van der Waals surface area (Å²) in [5.41, 5.74) is 0.990. The van der Waals surface area contributed by atoms with Gasteiger partial charge in [-0.05, 0) is 32.4 Å². The number of hydrogen-bond donors (Lipinski definition) is 0. The Morgan fingerprint density at radius 1 is 1.00 bits per heavy atom. The number of para-hydroxylation sites is 1. The zero-order valence-electron chi connectivity index (χ0n) is 16.5. The van der Waals surface area contributed by atoms with Crippen LogP contribution >= 0.6 is 0 Å². The molecule has 2 aliphatic heterocycles. The van der Waals surface area contributed by atoms with Gasteiger partial charge in [-0.15, -0.1) is 0 Å². The molecule has 1 aromatic heterocycles. The molecule has 0 saturated carbocycles. The Morgan fingerprint density at radius 2 is 1.71 bits per heavy atom. The minimum Gasteiger partial charge on any atom is -0.472 e. The van der Waals surface area contributed by atoms with Gasteiger partial charge in [0.25, 0.3) is 5.88 Å². The molecule has 0 aliphatic carbocycles. The lowest BCUT2D eigenvalue weighted by atomic mass is 10.2. The molecule has 2 aromatic rings. The van der Waals surface area contributed by atoms with Crippen LogP contribution in [0.3, 0.4) is 0 Å². The summed E-state index contributed by atoms with van der Waals surface area (Å²) in [4.78, 5) is 28.2. The first-order valence-corrected chi connectivity index (χ1v) is 9.96. The lowest BCUT2D eigenvalue weighted by molar-refractivity contribution is -0.121. The van der Waals surface area contributed by atoms with Crippen LogP contribution in [0.25, 0.3) is 0 Å². The molecule has 1 amide bonds. The predicted molar refractivity (Wildman–Crippen MR) is 109 cm³/mol. The SMILES string of the molecule is CC(C)Oc1nccnc1N1CCN(C2CCN(c3ccccc3)C2=O)CC1. The van der Waals surface area contributed by atoms with Crippen LogP contribution in [-0.2, 0) is 4.79 Å². The Labute approximate surface area is 165 Å². The van der Waals surface area contributed by atoms with Crippen molar-refractivity contribution in [1.82, 2.24) is 14.9 Å². The highest BCUT2D eigenvalue weighted by Crippen LogP contribution is 2.28. The van der Waals surface area contributed by atoms with Gasteiger partial charge in [-0.1, -0.05) is 18.2 Å². The van der Waals surface area contributed by atoms with Crippen LogP contribution in [0.4, 0.5) is 11.5 Å². The number of rotatable bonds is 5.